The molecule has 4 aromatic carbocycles. The van der Waals surface area contributed by atoms with Crippen molar-refractivity contribution in [1.29, 1.82) is 0 Å². The minimum atomic E-state index is -4.52. The third-order valence-electron chi connectivity index (χ3n) is 6.50. The number of nitrogens with zero attached hydrogens (tertiary/aromatic N) is 2. The van der Waals surface area contributed by atoms with E-state index < -0.39 is 33.3 Å². The van der Waals surface area contributed by atoms with E-state index in [-0.39, 0.29) is 69.4 Å². The number of hydrogen-bond acceptors (Lipinski definition) is 7. The van der Waals surface area contributed by atoms with E-state index in [1.165, 1.54) is 24.3 Å². The molecule has 0 spiro atoms. The number of nitro groups is 2. The minimum Gasteiger partial charge on any atom is -0.488 e. The molecule has 0 atom stereocenters. The maximum atomic E-state index is 12.9. The van der Waals surface area contributed by atoms with Crippen molar-refractivity contribution in [2.24, 2.45) is 0 Å². The van der Waals surface area contributed by atoms with Gasteiger partial charge in [0.15, 0.2) is 23.0 Å². The first-order chi connectivity index (χ1) is 24.0. The van der Waals surface area contributed by atoms with E-state index in [1.54, 1.807) is 0 Å². The standard InChI is InChI=1S/C34H20Br2F6N2O7/c35-27-17-23(33(37,38)39)9-7-21(27)5-1-3-15-49-31-19-25(43(45)46)11-13-29(31)51-30-14-12-26(44(47)48)20-32(30)50-16-4-2-6-22-8-10-24(18-28(22)36)34(40,41)42/h7-14,17-20H,3-4,15-16H2. The van der Waals surface area contributed by atoms with Crippen LogP contribution in [-0.2, 0) is 12.4 Å². The number of benzene rings is 4. The second-order valence-corrected chi connectivity index (χ2v) is 11.8. The molecule has 4 aromatic rings. The second-order valence-electron chi connectivity index (χ2n) is 10.1. The van der Waals surface area contributed by atoms with E-state index in [4.69, 9.17) is 14.2 Å². The van der Waals surface area contributed by atoms with E-state index in [0.717, 1.165) is 48.5 Å². The molecule has 4 rings (SSSR count). The van der Waals surface area contributed by atoms with Gasteiger partial charge in [0.1, 0.15) is 0 Å². The Kier molecular flexibility index (Phi) is 12.6. The first-order valence-electron chi connectivity index (χ1n) is 14.2. The summed E-state index contributed by atoms with van der Waals surface area (Å²) in [5.74, 6) is 10.7. The van der Waals surface area contributed by atoms with Crippen molar-refractivity contribution in [3.05, 3.63) is 124 Å². The molecule has 51 heavy (non-hydrogen) atoms. The maximum Gasteiger partial charge on any atom is 0.416 e. The van der Waals surface area contributed by atoms with Crippen molar-refractivity contribution in [2.45, 2.75) is 25.2 Å². The zero-order chi connectivity index (χ0) is 37.3. The Labute approximate surface area is 302 Å². The fourth-order valence-electron chi connectivity index (χ4n) is 4.06. The van der Waals surface area contributed by atoms with Crippen LogP contribution in [0.4, 0.5) is 37.7 Å². The molecule has 0 N–H and O–H groups in total. The Morgan fingerprint density at radius 3 is 1.31 bits per heavy atom. The molecule has 0 radical (unpaired) electrons. The molecule has 0 amide bonds. The van der Waals surface area contributed by atoms with Crippen LogP contribution in [0.15, 0.2) is 81.7 Å². The van der Waals surface area contributed by atoms with Gasteiger partial charge in [-0.3, -0.25) is 20.2 Å². The van der Waals surface area contributed by atoms with Crippen molar-refractivity contribution >= 4 is 43.2 Å². The van der Waals surface area contributed by atoms with E-state index in [1.807, 2.05) is 0 Å². The van der Waals surface area contributed by atoms with Gasteiger partial charge in [-0.15, -0.1) is 0 Å². The average Bonchev–Trinajstić information content (AvgIpc) is 3.05. The number of ether oxygens (including phenoxy) is 3. The second kappa shape index (κ2) is 16.6. The summed E-state index contributed by atoms with van der Waals surface area (Å²) in [6.45, 7) is -0.222. The Morgan fingerprint density at radius 1 is 0.588 bits per heavy atom. The minimum absolute atomic E-state index is 0.0234. The molecule has 0 saturated carbocycles. The third kappa shape index (κ3) is 10.9. The number of halogens is 8. The van der Waals surface area contributed by atoms with Crippen LogP contribution in [0.25, 0.3) is 0 Å². The average molecular weight is 842 g/mol. The van der Waals surface area contributed by atoms with Gasteiger partial charge in [-0.2, -0.15) is 26.3 Å². The molecule has 0 unspecified atom stereocenters. The van der Waals surface area contributed by atoms with Gasteiger partial charge >= 0.3 is 12.4 Å². The van der Waals surface area contributed by atoms with Crippen LogP contribution in [0, 0.1) is 43.9 Å². The SMILES string of the molecule is O=[N+]([O-])c1ccc(Oc2ccc([N+](=O)[O-])cc2OCCC#Cc2ccc(C(F)(F)F)cc2Br)c(OCCC#Cc2ccc(C(F)(F)F)cc2Br)c1. The Hall–Kier alpha value is -5.26. The topological polar surface area (TPSA) is 114 Å². The number of hydrogen-bond donors (Lipinski definition) is 0. The first kappa shape index (κ1) is 38.5. The lowest BCUT2D eigenvalue weighted by Crippen LogP contribution is -2.04. The summed E-state index contributed by atoms with van der Waals surface area (Å²) in [6, 6.07) is 13.0. The molecule has 264 valence electrons. The van der Waals surface area contributed by atoms with Crippen LogP contribution >= 0.6 is 31.9 Å². The maximum absolute atomic E-state index is 12.9. The van der Waals surface area contributed by atoms with E-state index in [9.17, 15) is 46.6 Å². The van der Waals surface area contributed by atoms with Crippen LogP contribution < -0.4 is 14.2 Å². The van der Waals surface area contributed by atoms with Crippen LogP contribution in [0.1, 0.15) is 35.1 Å². The van der Waals surface area contributed by atoms with Gasteiger partial charge in [0, 0.05) is 45.0 Å². The fraction of sp³-hybridized carbons (Fsp3) is 0.176. The quantitative estimate of drug-likeness (QED) is 0.0513. The molecule has 0 aliphatic rings. The highest BCUT2D eigenvalue weighted by molar-refractivity contribution is 9.10. The van der Waals surface area contributed by atoms with Crippen molar-refractivity contribution < 1.29 is 50.4 Å². The number of alkyl halides is 6. The fourth-order valence-corrected chi connectivity index (χ4v) is 5.01. The van der Waals surface area contributed by atoms with Crippen molar-refractivity contribution in [1.82, 2.24) is 0 Å². The van der Waals surface area contributed by atoms with E-state index in [2.05, 4.69) is 55.5 Å². The van der Waals surface area contributed by atoms with Crippen molar-refractivity contribution in [3.63, 3.8) is 0 Å². The monoisotopic (exact) mass is 840 g/mol. The van der Waals surface area contributed by atoms with Crippen LogP contribution in [0.5, 0.6) is 23.0 Å². The molecule has 0 aromatic heterocycles. The predicted octanol–water partition coefficient (Wildman–Crippen LogP) is 10.5. The highest BCUT2D eigenvalue weighted by Crippen LogP contribution is 2.40. The molecule has 0 aliphatic heterocycles. The summed E-state index contributed by atoms with van der Waals surface area (Å²) in [5, 5.41) is 22.9. The molecule has 0 aliphatic carbocycles. The van der Waals surface area contributed by atoms with Gasteiger partial charge in [-0.1, -0.05) is 23.7 Å². The summed E-state index contributed by atoms with van der Waals surface area (Å²) in [4.78, 5) is 21.5. The lowest BCUT2D eigenvalue weighted by atomic mass is 10.1. The zero-order valence-electron chi connectivity index (χ0n) is 25.5. The Balaban J connectivity index is 1.48. The van der Waals surface area contributed by atoms with Gasteiger partial charge in [0.05, 0.1) is 46.3 Å². The highest BCUT2D eigenvalue weighted by atomic mass is 79.9. The number of nitro benzene ring substituents is 2. The molecule has 0 fully saturated rings. The normalized spacial score (nSPS) is 11.1. The largest absolute Gasteiger partial charge is 0.488 e. The summed E-state index contributed by atoms with van der Waals surface area (Å²) in [6.07, 6.45) is -8.92. The lowest BCUT2D eigenvalue weighted by molar-refractivity contribution is -0.385. The van der Waals surface area contributed by atoms with Gasteiger partial charge < -0.3 is 14.2 Å². The van der Waals surface area contributed by atoms with Gasteiger partial charge in [-0.05, 0) is 80.4 Å². The summed E-state index contributed by atoms with van der Waals surface area (Å²) < 4.78 is 95.1. The van der Waals surface area contributed by atoms with Crippen LogP contribution in [0.2, 0.25) is 0 Å². The highest BCUT2D eigenvalue weighted by Gasteiger charge is 2.31. The molecule has 0 heterocycles. The summed E-state index contributed by atoms with van der Waals surface area (Å²) in [5.41, 5.74) is -1.77. The van der Waals surface area contributed by atoms with E-state index >= 15 is 0 Å². The third-order valence-corrected chi connectivity index (χ3v) is 7.82. The van der Waals surface area contributed by atoms with Crippen LogP contribution in [0.3, 0.4) is 0 Å². The zero-order valence-corrected chi connectivity index (χ0v) is 28.7. The lowest BCUT2D eigenvalue weighted by Gasteiger charge is -2.15. The number of non-ortho nitro benzene ring substituents is 2. The van der Waals surface area contributed by atoms with Gasteiger partial charge in [0.2, 0.25) is 0 Å². The molecule has 17 heteroatoms. The number of rotatable bonds is 10. The molecule has 9 nitrogen and oxygen atoms in total. The Morgan fingerprint density at radius 2 is 0.980 bits per heavy atom. The van der Waals surface area contributed by atoms with Crippen LogP contribution in [-0.4, -0.2) is 23.1 Å². The molecule has 0 bridgehead atoms. The smallest absolute Gasteiger partial charge is 0.416 e. The van der Waals surface area contributed by atoms with Crippen molar-refractivity contribution in [3.8, 4) is 46.7 Å². The molecular formula is C34H20Br2F6N2O7. The van der Waals surface area contributed by atoms with Gasteiger partial charge in [0.25, 0.3) is 11.4 Å². The molecule has 0 saturated heterocycles. The summed E-state index contributed by atoms with van der Waals surface area (Å²) in [7, 11) is 0. The van der Waals surface area contributed by atoms with E-state index in [0.29, 0.717) is 11.1 Å². The first-order valence-corrected chi connectivity index (χ1v) is 15.8. The Bertz CT molecular complexity index is 1940. The van der Waals surface area contributed by atoms with Gasteiger partial charge in [-0.25, -0.2) is 0 Å². The van der Waals surface area contributed by atoms with Crippen molar-refractivity contribution in [2.75, 3.05) is 13.2 Å². The predicted molar refractivity (Wildman–Crippen MR) is 179 cm³/mol. The molecular weight excluding hydrogens is 822 g/mol. The summed E-state index contributed by atoms with van der Waals surface area (Å²) >= 11 is 6.14.